The lowest BCUT2D eigenvalue weighted by Gasteiger charge is -2.29. The van der Waals surface area contributed by atoms with Crippen LogP contribution < -0.4 is 16.0 Å². The van der Waals surface area contributed by atoms with Gasteiger partial charge in [0.15, 0.2) is 0 Å². The Balaban J connectivity index is 0.00000161. The van der Waals surface area contributed by atoms with Crippen molar-refractivity contribution in [1.29, 1.82) is 0 Å². The minimum Gasteiger partial charge on any atom is -0.353 e. The Hall–Kier alpha value is -1.59. The number of hydrogen-bond donors (Lipinski definition) is 3. The van der Waals surface area contributed by atoms with Gasteiger partial charge < -0.3 is 16.0 Å². The van der Waals surface area contributed by atoms with Crippen LogP contribution in [0.1, 0.15) is 30.7 Å². The van der Waals surface area contributed by atoms with Crippen molar-refractivity contribution >= 4 is 29.9 Å². The van der Waals surface area contributed by atoms with Gasteiger partial charge in [0.25, 0.3) is 0 Å². The molecule has 0 bridgehead atoms. The highest BCUT2D eigenvalue weighted by atomic mass is 35.5. The lowest BCUT2D eigenvalue weighted by Crippen LogP contribution is -2.45. The van der Waals surface area contributed by atoms with Crippen LogP contribution >= 0.6 is 12.4 Å². The van der Waals surface area contributed by atoms with Gasteiger partial charge in [-0.15, -0.1) is 12.4 Å². The average Bonchev–Trinajstić information content (AvgIpc) is 2.47. The zero-order valence-corrected chi connectivity index (χ0v) is 12.5. The van der Waals surface area contributed by atoms with Gasteiger partial charge in [-0.2, -0.15) is 0 Å². The van der Waals surface area contributed by atoms with Crippen LogP contribution in [-0.2, 0) is 9.59 Å². The van der Waals surface area contributed by atoms with Crippen molar-refractivity contribution in [1.82, 2.24) is 10.6 Å². The van der Waals surface area contributed by atoms with Crippen LogP contribution in [0.15, 0.2) is 24.3 Å². The minimum atomic E-state index is -0.366. The Morgan fingerprint density at radius 1 is 1.19 bits per heavy atom. The zero-order valence-electron chi connectivity index (χ0n) is 11.7. The zero-order chi connectivity index (χ0) is 13.9. The third-order valence-corrected chi connectivity index (χ3v) is 4.00. The van der Waals surface area contributed by atoms with E-state index >= 15 is 0 Å². The Morgan fingerprint density at radius 3 is 2.67 bits per heavy atom. The van der Waals surface area contributed by atoms with Crippen LogP contribution in [-0.4, -0.2) is 30.9 Å². The highest BCUT2D eigenvalue weighted by Gasteiger charge is 2.31. The predicted octanol–water partition coefficient (Wildman–Crippen LogP) is 1.40. The first-order valence-electron chi connectivity index (χ1n) is 7.14. The SMILES string of the molecule is Cl.O=C1CC(C(=O)NC2CCNCC2)c2ccccc2N1. The van der Waals surface area contributed by atoms with E-state index in [1.165, 1.54) is 0 Å². The summed E-state index contributed by atoms with van der Waals surface area (Å²) in [7, 11) is 0. The van der Waals surface area contributed by atoms with Gasteiger partial charge in [-0.1, -0.05) is 18.2 Å². The molecule has 0 radical (unpaired) electrons. The van der Waals surface area contributed by atoms with Gasteiger partial charge in [-0.25, -0.2) is 0 Å². The molecule has 2 aliphatic heterocycles. The average molecular weight is 310 g/mol. The highest BCUT2D eigenvalue weighted by Crippen LogP contribution is 2.32. The topological polar surface area (TPSA) is 70.2 Å². The van der Waals surface area contributed by atoms with E-state index in [4.69, 9.17) is 0 Å². The Morgan fingerprint density at radius 2 is 1.90 bits per heavy atom. The largest absolute Gasteiger partial charge is 0.353 e. The number of carbonyl (C=O) groups is 2. The van der Waals surface area contributed by atoms with Crippen LogP contribution in [0.5, 0.6) is 0 Å². The van der Waals surface area contributed by atoms with E-state index < -0.39 is 0 Å². The van der Waals surface area contributed by atoms with Gasteiger partial charge in [0.2, 0.25) is 11.8 Å². The lowest BCUT2D eigenvalue weighted by atomic mass is 9.89. The fourth-order valence-electron chi connectivity index (χ4n) is 2.91. The van der Waals surface area contributed by atoms with Crippen molar-refractivity contribution in [2.24, 2.45) is 0 Å². The van der Waals surface area contributed by atoms with Crippen LogP contribution in [0.4, 0.5) is 5.69 Å². The first-order chi connectivity index (χ1) is 9.74. The first-order valence-corrected chi connectivity index (χ1v) is 7.14. The molecule has 2 aliphatic rings. The van der Waals surface area contributed by atoms with Gasteiger partial charge in [-0.05, 0) is 37.6 Å². The number of amides is 2. The summed E-state index contributed by atoms with van der Waals surface area (Å²) in [6.07, 6.45) is 2.13. The molecule has 1 fully saturated rings. The number of piperidine rings is 1. The van der Waals surface area contributed by atoms with Crippen LogP contribution in [0.3, 0.4) is 0 Å². The molecule has 2 amide bonds. The van der Waals surface area contributed by atoms with E-state index in [1.807, 2.05) is 24.3 Å². The number of fused-ring (bicyclic) bond motifs is 1. The molecular formula is C15H20ClN3O2. The third-order valence-electron chi connectivity index (χ3n) is 4.00. The fourth-order valence-corrected chi connectivity index (χ4v) is 2.91. The van der Waals surface area contributed by atoms with Crippen molar-refractivity contribution in [2.75, 3.05) is 18.4 Å². The smallest absolute Gasteiger partial charge is 0.228 e. The summed E-state index contributed by atoms with van der Waals surface area (Å²) in [6.45, 7) is 1.87. The van der Waals surface area contributed by atoms with Crippen molar-refractivity contribution in [3.05, 3.63) is 29.8 Å². The summed E-state index contributed by atoms with van der Waals surface area (Å²) >= 11 is 0. The van der Waals surface area contributed by atoms with E-state index in [0.717, 1.165) is 37.2 Å². The molecule has 6 heteroatoms. The monoisotopic (exact) mass is 309 g/mol. The maximum Gasteiger partial charge on any atom is 0.228 e. The van der Waals surface area contributed by atoms with E-state index in [1.54, 1.807) is 0 Å². The summed E-state index contributed by atoms with van der Waals surface area (Å²) in [5, 5.41) is 9.19. The summed E-state index contributed by atoms with van der Waals surface area (Å²) in [6, 6.07) is 7.76. The first kappa shape index (κ1) is 15.8. The third kappa shape index (κ3) is 3.54. The fraction of sp³-hybridized carbons (Fsp3) is 0.467. The molecule has 1 aromatic carbocycles. The summed E-state index contributed by atoms with van der Waals surface area (Å²) < 4.78 is 0. The van der Waals surface area contributed by atoms with Crippen LogP contribution in [0, 0.1) is 0 Å². The maximum atomic E-state index is 12.5. The van der Waals surface area contributed by atoms with Crippen molar-refractivity contribution in [2.45, 2.75) is 31.2 Å². The second kappa shape index (κ2) is 6.91. The molecule has 0 aromatic heterocycles. The molecule has 3 N–H and O–H groups in total. The molecule has 114 valence electrons. The summed E-state index contributed by atoms with van der Waals surface area (Å²) in [5.41, 5.74) is 1.67. The van der Waals surface area contributed by atoms with Crippen LogP contribution in [0.25, 0.3) is 0 Å². The Bertz CT molecular complexity index is 529. The molecule has 1 aromatic rings. The quantitative estimate of drug-likeness (QED) is 0.773. The standard InChI is InChI=1S/C15H19N3O2.ClH/c19-14-9-12(11-3-1-2-4-13(11)18-14)15(20)17-10-5-7-16-8-6-10;/h1-4,10,12,16H,5-9H2,(H,17,20)(H,18,19);1H. The summed E-state index contributed by atoms with van der Waals surface area (Å²) in [5.74, 6) is -0.483. The molecule has 0 saturated carbocycles. The number of rotatable bonds is 2. The molecule has 3 rings (SSSR count). The second-order valence-corrected chi connectivity index (χ2v) is 5.42. The van der Waals surface area contributed by atoms with E-state index in [9.17, 15) is 9.59 Å². The number of carbonyl (C=O) groups excluding carboxylic acids is 2. The van der Waals surface area contributed by atoms with Gasteiger partial charge in [-0.3, -0.25) is 9.59 Å². The predicted molar refractivity (Wildman–Crippen MR) is 83.7 cm³/mol. The number of nitrogens with one attached hydrogen (secondary N) is 3. The summed E-state index contributed by atoms with van der Waals surface area (Å²) in [4.78, 5) is 24.2. The lowest BCUT2D eigenvalue weighted by molar-refractivity contribution is -0.127. The normalized spacial score (nSPS) is 21.7. The van der Waals surface area contributed by atoms with Gasteiger partial charge in [0, 0.05) is 18.2 Å². The molecule has 5 nitrogen and oxygen atoms in total. The molecule has 0 spiro atoms. The molecule has 1 unspecified atom stereocenters. The molecule has 2 heterocycles. The van der Waals surface area contributed by atoms with Gasteiger partial charge in [0.1, 0.15) is 0 Å². The van der Waals surface area contributed by atoms with Gasteiger partial charge in [0.05, 0.1) is 5.92 Å². The van der Waals surface area contributed by atoms with Crippen LogP contribution in [0.2, 0.25) is 0 Å². The highest BCUT2D eigenvalue weighted by molar-refractivity contribution is 6.01. The molecule has 21 heavy (non-hydrogen) atoms. The van der Waals surface area contributed by atoms with Crippen molar-refractivity contribution in [3.8, 4) is 0 Å². The molecular weight excluding hydrogens is 290 g/mol. The number of hydrogen-bond acceptors (Lipinski definition) is 3. The number of benzene rings is 1. The minimum absolute atomic E-state index is 0. The number of halogens is 1. The number of anilines is 1. The van der Waals surface area contributed by atoms with Gasteiger partial charge >= 0.3 is 0 Å². The van der Waals surface area contributed by atoms with Crippen molar-refractivity contribution in [3.63, 3.8) is 0 Å². The van der Waals surface area contributed by atoms with E-state index in [0.29, 0.717) is 0 Å². The Kier molecular flexibility index (Phi) is 5.20. The molecule has 1 atom stereocenters. The maximum absolute atomic E-state index is 12.5. The number of para-hydroxylation sites is 1. The molecule has 1 saturated heterocycles. The Labute approximate surface area is 130 Å². The van der Waals surface area contributed by atoms with E-state index in [2.05, 4.69) is 16.0 Å². The second-order valence-electron chi connectivity index (χ2n) is 5.42. The van der Waals surface area contributed by atoms with Crippen molar-refractivity contribution < 1.29 is 9.59 Å². The van der Waals surface area contributed by atoms with E-state index in [-0.39, 0.29) is 42.6 Å². The molecule has 0 aliphatic carbocycles.